The van der Waals surface area contributed by atoms with Crippen LogP contribution in [-0.4, -0.2) is 24.0 Å². The zero-order chi connectivity index (χ0) is 16.0. The summed E-state index contributed by atoms with van der Waals surface area (Å²) in [6.45, 7) is 12.1. The van der Waals surface area contributed by atoms with Crippen LogP contribution in [0, 0.1) is 17.8 Å². The van der Waals surface area contributed by atoms with Crippen LogP contribution in [0.25, 0.3) is 0 Å². The predicted molar refractivity (Wildman–Crippen MR) is 88.9 cm³/mol. The minimum absolute atomic E-state index is 0.107. The van der Waals surface area contributed by atoms with Crippen molar-refractivity contribution < 1.29 is 4.79 Å². The van der Waals surface area contributed by atoms with Crippen molar-refractivity contribution >= 4 is 23.3 Å². The molecule has 1 aromatic rings. The first kappa shape index (κ1) is 17.8. The molecule has 21 heavy (non-hydrogen) atoms. The van der Waals surface area contributed by atoms with Crippen molar-refractivity contribution in [3.63, 3.8) is 0 Å². The Hall–Kier alpha value is -1.29. The van der Waals surface area contributed by atoms with Crippen LogP contribution in [0.5, 0.6) is 0 Å². The summed E-state index contributed by atoms with van der Waals surface area (Å²) in [6, 6.07) is 3.32. The van der Waals surface area contributed by atoms with E-state index < -0.39 is 0 Å². The first-order valence-electron chi connectivity index (χ1n) is 7.54. The molecule has 0 aromatic carbocycles. The standard InChI is InChI=1S/C16H26ClN3O/c1-6-18-15-8-12(7-14(17)20-15)16(21)19-9-13(10(2)3)11(4)5/h7-8,10-11,13H,6,9H2,1-5H3,(H,18,20)(H,19,21). The molecule has 1 amide bonds. The molecular formula is C16H26ClN3O. The fraction of sp³-hybridized carbons (Fsp3) is 0.625. The fourth-order valence-electron chi connectivity index (χ4n) is 2.45. The number of anilines is 1. The van der Waals surface area contributed by atoms with Gasteiger partial charge in [0.2, 0.25) is 0 Å². The summed E-state index contributed by atoms with van der Waals surface area (Å²) in [4.78, 5) is 16.4. The van der Waals surface area contributed by atoms with Gasteiger partial charge in [0.05, 0.1) is 0 Å². The van der Waals surface area contributed by atoms with Crippen molar-refractivity contribution in [1.82, 2.24) is 10.3 Å². The molecule has 0 aliphatic heterocycles. The zero-order valence-electron chi connectivity index (χ0n) is 13.5. The first-order valence-corrected chi connectivity index (χ1v) is 7.92. The Labute approximate surface area is 132 Å². The second-order valence-corrected chi connectivity index (χ2v) is 6.34. The number of carbonyl (C=O) groups is 1. The molecule has 118 valence electrons. The topological polar surface area (TPSA) is 54.0 Å². The lowest BCUT2D eigenvalue weighted by Crippen LogP contribution is -2.34. The molecule has 0 aliphatic rings. The van der Waals surface area contributed by atoms with Crippen molar-refractivity contribution in [3.8, 4) is 0 Å². The van der Waals surface area contributed by atoms with Crippen molar-refractivity contribution in [3.05, 3.63) is 22.8 Å². The molecule has 0 aliphatic carbocycles. The van der Waals surface area contributed by atoms with Crippen molar-refractivity contribution in [1.29, 1.82) is 0 Å². The molecule has 0 radical (unpaired) electrons. The highest BCUT2D eigenvalue weighted by atomic mass is 35.5. The van der Waals surface area contributed by atoms with E-state index in [4.69, 9.17) is 11.6 Å². The van der Waals surface area contributed by atoms with Crippen LogP contribution in [-0.2, 0) is 0 Å². The van der Waals surface area contributed by atoms with Gasteiger partial charge in [-0.2, -0.15) is 0 Å². The Morgan fingerprint density at radius 1 is 1.24 bits per heavy atom. The molecule has 4 nitrogen and oxygen atoms in total. The van der Waals surface area contributed by atoms with E-state index in [1.165, 1.54) is 0 Å². The van der Waals surface area contributed by atoms with Crippen LogP contribution in [0.4, 0.5) is 5.82 Å². The van der Waals surface area contributed by atoms with Gasteiger partial charge in [0.1, 0.15) is 11.0 Å². The summed E-state index contributed by atoms with van der Waals surface area (Å²) in [5, 5.41) is 6.40. The van der Waals surface area contributed by atoms with Gasteiger partial charge >= 0.3 is 0 Å². The molecule has 2 N–H and O–H groups in total. The summed E-state index contributed by atoms with van der Waals surface area (Å²) in [5.74, 6) is 2.04. The Balaban J connectivity index is 2.75. The third kappa shape index (κ3) is 5.54. The lowest BCUT2D eigenvalue weighted by atomic mass is 9.85. The number of nitrogens with one attached hydrogen (secondary N) is 2. The maximum Gasteiger partial charge on any atom is 0.251 e. The van der Waals surface area contributed by atoms with E-state index >= 15 is 0 Å². The number of amides is 1. The SMILES string of the molecule is CCNc1cc(C(=O)NCC(C(C)C)C(C)C)cc(Cl)n1. The van der Waals surface area contributed by atoms with Crippen molar-refractivity contribution in [2.75, 3.05) is 18.4 Å². The lowest BCUT2D eigenvalue weighted by Gasteiger charge is -2.25. The Morgan fingerprint density at radius 3 is 2.38 bits per heavy atom. The van der Waals surface area contributed by atoms with E-state index in [-0.39, 0.29) is 5.91 Å². The number of hydrogen-bond acceptors (Lipinski definition) is 3. The van der Waals surface area contributed by atoms with Crippen LogP contribution in [0.2, 0.25) is 5.15 Å². The van der Waals surface area contributed by atoms with Gasteiger partial charge in [0.15, 0.2) is 0 Å². The lowest BCUT2D eigenvalue weighted by molar-refractivity contribution is 0.0937. The third-order valence-electron chi connectivity index (χ3n) is 3.63. The number of carbonyl (C=O) groups excluding carboxylic acids is 1. The van der Waals surface area contributed by atoms with Crippen LogP contribution < -0.4 is 10.6 Å². The molecule has 0 unspecified atom stereocenters. The van der Waals surface area contributed by atoms with Crippen molar-refractivity contribution in [2.24, 2.45) is 17.8 Å². The predicted octanol–water partition coefficient (Wildman–Crippen LogP) is 3.82. The van der Waals surface area contributed by atoms with Gasteiger partial charge < -0.3 is 10.6 Å². The fourth-order valence-corrected chi connectivity index (χ4v) is 2.66. The molecule has 0 saturated carbocycles. The second-order valence-electron chi connectivity index (χ2n) is 5.96. The monoisotopic (exact) mass is 311 g/mol. The van der Waals surface area contributed by atoms with E-state index in [1.807, 2.05) is 6.92 Å². The van der Waals surface area contributed by atoms with Gasteiger partial charge in [-0.05, 0) is 36.8 Å². The maximum atomic E-state index is 12.3. The molecule has 5 heteroatoms. The Morgan fingerprint density at radius 2 is 1.86 bits per heavy atom. The molecule has 0 spiro atoms. The molecule has 1 heterocycles. The summed E-state index contributed by atoms with van der Waals surface area (Å²) in [6.07, 6.45) is 0. The van der Waals surface area contributed by atoms with Gasteiger partial charge in [-0.1, -0.05) is 39.3 Å². The van der Waals surface area contributed by atoms with Gasteiger partial charge in [-0.25, -0.2) is 4.98 Å². The van der Waals surface area contributed by atoms with E-state index in [0.29, 0.717) is 40.8 Å². The molecule has 0 fully saturated rings. The van der Waals surface area contributed by atoms with E-state index in [0.717, 1.165) is 6.54 Å². The maximum absolute atomic E-state index is 12.3. The third-order valence-corrected chi connectivity index (χ3v) is 3.82. The molecule has 0 atom stereocenters. The quantitative estimate of drug-likeness (QED) is 0.753. The smallest absolute Gasteiger partial charge is 0.251 e. The van der Waals surface area contributed by atoms with Crippen LogP contribution in [0.1, 0.15) is 45.0 Å². The van der Waals surface area contributed by atoms with Gasteiger partial charge in [0.25, 0.3) is 5.91 Å². The Bertz CT molecular complexity index is 467. The molecule has 1 aromatic heterocycles. The second kappa shape index (κ2) is 8.23. The number of halogens is 1. The summed E-state index contributed by atoms with van der Waals surface area (Å²) < 4.78 is 0. The average Bonchev–Trinajstić information content (AvgIpc) is 2.37. The van der Waals surface area contributed by atoms with Crippen LogP contribution >= 0.6 is 11.6 Å². The first-order chi connectivity index (χ1) is 9.85. The largest absolute Gasteiger partial charge is 0.370 e. The number of hydrogen-bond donors (Lipinski definition) is 2. The number of pyridine rings is 1. The minimum atomic E-state index is -0.107. The van der Waals surface area contributed by atoms with Crippen LogP contribution in [0.15, 0.2) is 12.1 Å². The summed E-state index contributed by atoms with van der Waals surface area (Å²) >= 11 is 5.96. The molecule has 0 saturated heterocycles. The van der Waals surface area contributed by atoms with Gasteiger partial charge in [-0.3, -0.25) is 4.79 Å². The van der Waals surface area contributed by atoms with Gasteiger partial charge in [-0.15, -0.1) is 0 Å². The zero-order valence-corrected chi connectivity index (χ0v) is 14.3. The van der Waals surface area contributed by atoms with E-state index in [9.17, 15) is 4.79 Å². The number of nitrogens with zero attached hydrogens (tertiary/aromatic N) is 1. The summed E-state index contributed by atoms with van der Waals surface area (Å²) in [7, 11) is 0. The highest BCUT2D eigenvalue weighted by Gasteiger charge is 2.19. The summed E-state index contributed by atoms with van der Waals surface area (Å²) in [5.41, 5.74) is 0.539. The molecule has 1 rings (SSSR count). The highest BCUT2D eigenvalue weighted by molar-refractivity contribution is 6.29. The normalized spacial score (nSPS) is 11.3. The average molecular weight is 312 g/mol. The van der Waals surface area contributed by atoms with Crippen LogP contribution in [0.3, 0.4) is 0 Å². The number of aromatic nitrogens is 1. The number of rotatable bonds is 7. The molecular weight excluding hydrogens is 286 g/mol. The van der Waals surface area contributed by atoms with Gasteiger partial charge in [0, 0.05) is 18.7 Å². The molecule has 0 bridgehead atoms. The Kier molecular flexibility index (Phi) is 6.96. The van der Waals surface area contributed by atoms with E-state index in [2.05, 4.69) is 43.3 Å². The minimum Gasteiger partial charge on any atom is -0.370 e. The van der Waals surface area contributed by atoms with Crippen molar-refractivity contribution in [2.45, 2.75) is 34.6 Å². The van der Waals surface area contributed by atoms with E-state index in [1.54, 1.807) is 12.1 Å². The highest BCUT2D eigenvalue weighted by Crippen LogP contribution is 2.20.